The monoisotopic (exact) mass is 389 g/mol. The second-order valence-corrected chi connectivity index (χ2v) is 7.18. The molecule has 1 amide bonds. The van der Waals surface area contributed by atoms with Crippen molar-refractivity contribution in [2.45, 2.75) is 26.0 Å². The van der Waals surface area contributed by atoms with Crippen LogP contribution < -0.4 is 5.32 Å². The van der Waals surface area contributed by atoms with E-state index in [0.717, 1.165) is 16.9 Å². The zero-order valence-corrected chi connectivity index (χ0v) is 15.5. The molecule has 27 heavy (non-hydrogen) atoms. The molecule has 0 saturated heterocycles. The van der Waals surface area contributed by atoms with Crippen LogP contribution in [0.25, 0.3) is 10.1 Å². The minimum absolute atomic E-state index is 0.223. The van der Waals surface area contributed by atoms with Gasteiger partial charge in [0.15, 0.2) is 6.10 Å². The Kier molecular flexibility index (Phi) is 5.51. The van der Waals surface area contributed by atoms with Gasteiger partial charge in [0.1, 0.15) is 16.5 Å². The van der Waals surface area contributed by atoms with Gasteiger partial charge in [-0.25, -0.2) is 13.6 Å². The number of esters is 1. The molecule has 3 aromatic rings. The summed E-state index contributed by atoms with van der Waals surface area (Å²) in [5, 5.41) is 3.06. The van der Waals surface area contributed by atoms with E-state index < -0.39 is 23.8 Å². The highest BCUT2D eigenvalue weighted by Gasteiger charge is 2.22. The third-order valence-electron chi connectivity index (χ3n) is 4.09. The summed E-state index contributed by atoms with van der Waals surface area (Å²) in [5.41, 5.74) is 0.725. The van der Waals surface area contributed by atoms with Gasteiger partial charge >= 0.3 is 5.97 Å². The molecule has 3 rings (SSSR count). The fourth-order valence-electron chi connectivity index (χ4n) is 2.56. The van der Waals surface area contributed by atoms with E-state index in [1.54, 1.807) is 31.2 Å². The molecule has 0 bridgehead atoms. The number of rotatable bonds is 5. The van der Waals surface area contributed by atoms with E-state index in [2.05, 4.69) is 5.32 Å². The van der Waals surface area contributed by atoms with Gasteiger partial charge in [-0.05, 0) is 49.7 Å². The number of carbonyl (C=O) groups is 2. The van der Waals surface area contributed by atoms with E-state index in [4.69, 9.17) is 4.74 Å². The molecule has 0 saturated carbocycles. The first-order valence-corrected chi connectivity index (χ1v) is 9.11. The quantitative estimate of drug-likeness (QED) is 0.649. The van der Waals surface area contributed by atoms with Crippen molar-refractivity contribution < 1.29 is 23.1 Å². The van der Waals surface area contributed by atoms with Gasteiger partial charge in [0.25, 0.3) is 5.91 Å². The summed E-state index contributed by atoms with van der Waals surface area (Å²) >= 11 is 1.10. The standard InChI is InChI=1S/C20H17F2NO3S/c1-11(13-6-8-14(21)9-7-13)23-19(24)12(2)26-20(25)18-10-15-16(22)4-3-5-17(15)27-18/h3-12H,1-2H3,(H,23,24)/t11-,12+/m0/s1. The van der Waals surface area contributed by atoms with E-state index in [0.29, 0.717) is 10.1 Å². The molecule has 0 aliphatic rings. The van der Waals surface area contributed by atoms with E-state index in [1.807, 2.05) is 0 Å². The van der Waals surface area contributed by atoms with Gasteiger partial charge < -0.3 is 10.1 Å². The Morgan fingerprint density at radius 3 is 2.44 bits per heavy atom. The lowest BCUT2D eigenvalue weighted by atomic mass is 10.1. The summed E-state index contributed by atoms with van der Waals surface area (Å²) in [6.45, 7) is 3.20. The van der Waals surface area contributed by atoms with Crippen LogP contribution in [0.4, 0.5) is 8.78 Å². The van der Waals surface area contributed by atoms with Crippen LogP contribution in [0.3, 0.4) is 0 Å². The molecule has 0 aliphatic carbocycles. The van der Waals surface area contributed by atoms with Crippen molar-refractivity contribution in [3.63, 3.8) is 0 Å². The molecule has 0 aliphatic heterocycles. The van der Waals surface area contributed by atoms with Gasteiger partial charge in [0.05, 0.1) is 6.04 Å². The number of fused-ring (bicyclic) bond motifs is 1. The second kappa shape index (κ2) is 7.84. The summed E-state index contributed by atoms with van der Waals surface area (Å²) in [7, 11) is 0. The molecule has 1 heterocycles. The number of ether oxygens (including phenoxy) is 1. The van der Waals surface area contributed by atoms with Crippen LogP contribution in [-0.4, -0.2) is 18.0 Å². The fourth-order valence-corrected chi connectivity index (χ4v) is 3.52. The van der Waals surface area contributed by atoms with E-state index >= 15 is 0 Å². The summed E-state index contributed by atoms with van der Waals surface area (Å²) in [6.07, 6.45) is -1.03. The minimum atomic E-state index is -1.03. The van der Waals surface area contributed by atoms with Crippen molar-refractivity contribution in [1.82, 2.24) is 5.32 Å². The number of hydrogen-bond acceptors (Lipinski definition) is 4. The number of nitrogens with one attached hydrogen (secondary N) is 1. The Morgan fingerprint density at radius 1 is 1.07 bits per heavy atom. The minimum Gasteiger partial charge on any atom is -0.448 e. The summed E-state index contributed by atoms with van der Waals surface area (Å²) in [4.78, 5) is 24.8. The number of thiophene rings is 1. The van der Waals surface area contributed by atoms with Crippen LogP contribution in [-0.2, 0) is 9.53 Å². The molecule has 140 valence electrons. The molecule has 4 nitrogen and oxygen atoms in total. The van der Waals surface area contributed by atoms with Gasteiger partial charge in [-0.3, -0.25) is 4.79 Å². The van der Waals surface area contributed by atoms with Gasteiger partial charge in [0.2, 0.25) is 0 Å². The van der Waals surface area contributed by atoms with E-state index in [-0.39, 0.29) is 16.7 Å². The predicted octanol–water partition coefficient (Wildman–Crippen LogP) is 4.60. The van der Waals surface area contributed by atoms with Gasteiger partial charge in [-0.1, -0.05) is 18.2 Å². The first-order valence-electron chi connectivity index (χ1n) is 8.30. The maximum atomic E-state index is 13.8. The highest BCUT2D eigenvalue weighted by atomic mass is 32.1. The van der Waals surface area contributed by atoms with Crippen LogP contribution in [0.15, 0.2) is 48.5 Å². The zero-order chi connectivity index (χ0) is 19.6. The molecule has 0 radical (unpaired) electrons. The second-order valence-electron chi connectivity index (χ2n) is 6.09. The molecule has 0 fully saturated rings. The lowest BCUT2D eigenvalue weighted by Gasteiger charge is -2.18. The van der Waals surface area contributed by atoms with Gasteiger partial charge in [-0.15, -0.1) is 11.3 Å². The summed E-state index contributed by atoms with van der Waals surface area (Å²) in [5.74, 6) is -1.94. The van der Waals surface area contributed by atoms with Gasteiger partial charge in [-0.2, -0.15) is 0 Å². The van der Waals surface area contributed by atoms with Gasteiger partial charge in [0, 0.05) is 10.1 Å². The number of halogens is 2. The summed E-state index contributed by atoms with van der Waals surface area (Å²) in [6, 6.07) is 11.4. The number of amides is 1. The number of carbonyl (C=O) groups excluding carboxylic acids is 2. The Bertz CT molecular complexity index is 985. The van der Waals surface area contributed by atoms with Crippen LogP contribution in [0.5, 0.6) is 0 Å². The molecular formula is C20H17F2NO3S. The SMILES string of the molecule is C[C@H](NC(=O)[C@@H](C)OC(=O)c1cc2c(F)cccc2s1)c1ccc(F)cc1. The number of benzene rings is 2. The van der Waals surface area contributed by atoms with Crippen molar-refractivity contribution in [2.75, 3.05) is 0 Å². The first-order chi connectivity index (χ1) is 12.8. The molecule has 7 heteroatoms. The van der Waals surface area contributed by atoms with Crippen LogP contribution >= 0.6 is 11.3 Å². The molecule has 0 unspecified atom stereocenters. The van der Waals surface area contributed by atoms with E-state index in [9.17, 15) is 18.4 Å². The van der Waals surface area contributed by atoms with Crippen LogP contribution in [0.2, 0.25) is 0 Å². The fraction of sp³-hybridized carbons (Fsp3) is 0.200. The average Bonchev–Trinajstić information content (AvgIpc) is 3.08. The van der Waals surface area contributed by atoms with Crippen molar-refractivity contribution >= 4 is 33.3 Å². The third kappa shape index (κ3) is 4.31. The Morgan fingerprint density at radius 2 is 1.78 bits per heavy atom. The normalized spacial score (nSPS) is 13.2. The molecule has 0 spiro atoms. The predicted molar refractivity (Wildman–Crippen MR) is 99.6 cm³/mol. The summed E-state index contributed by atoms with van der Waals surface area (Å²) < 4.78 is 32.6. The molecule has 1 aromatic heterocycles. The largest absolute Gasteiger partial charge is 0.448 e. The van der Waals surface area contributed by atoms with Crippen molar-refractivity contribution in [3.8, 4) is 0 Å². The van der Waals surface area contributed by atoms with Crippen LogP contribution in [0, 0.1) is 11.6 Å². The first kappa shape index (κ1) is 19.0. The van der Waals surface area contributed by atoms with Crippen LogP contribution in [0.1, 0.15) is 35.1 Å². The molecule has 2 atom stereocenters. The highest BCUT2D eigenvalue weighted by molar-refractivity contribution is 7.20. The van der Waals surface area contributed by atoms with Crippen molar-refractivity contribution in [2.24, 2.45) is 0 Å². The topological polar surface area (TPSA) is 55.4 Å². The number of hydrogen-bond donors (Lipinski definition) is 1. The lowest BCUT2D eigenvalue weighted by Crippen LogP contribution is -2.37. The maximum absolute atomic E-state index is 13.8. The smallest absolute Gasteiger partial charge is 0.349 e. The zero-order valence-electron chi connectivity index (χ0n) is 14.7. The lowest BCUT2D eigenvalue weighted by molar-refractivity contribution is -0.129. The third-order valence-corrected chi connectivity index (χ3v) is 5.17. The Hall–Kier alpha value is -2.80. The average molecular weight is 389 g/mol. The highest BCUT2D eigenvalue weighted by Crippen LogP contribution is 2.28. The van der Waals surface area contributed by atoms with Crippen molar-refractivity contribution in [1.29, 1.82) is 0 Å². The molecular weight excluding hydrogens is 372 g/mol. The molecule has 2 aromatic carbocycles. The Balaban J connectivity index is 1.63. The molecule has 1 N–H and O–H groups in total. The van der Waals surface area contributed by atoms with E-state index in [1.165, 1.54) is 31.2 Å². The maximum Gasteiger partial charge on any atom is 0.349 e. The Labute approximate surface area is 158 Å². The van der Waals surface area contributed by atoms with Crippen molar-refractivity contribution in [3.05, 3.63) is 70.6 Å².